The molecule has 4 rings (SSSR count). The predicted molar refractivity (Wildman–Crippen MR) is 136 cm³/mol. The van der Waals surface area contributed by atoms with Crippen LogP contribution in [-0.4, -0.2) is 65.0 Å². The quantitative estimate of drug-likeness (QED) is 0.493. The van der Waals surface area contributed by atoms with Crippen molar-refractivity contribution in [1.29, 1.82) is 0 Å². The van der Waals surface area contributed by atoms with Gasteiger partial charge in [0.25, 0.3) is 5.91 Å². The van der Waals surface area contributed by atoms with E-state index in [9.17, 15) is 13.2 Å². The molecular formula is C26H33N5O3S. The van der Waals surface area contributed by atoms with Crippen molar-refractivity contribution in [3.63, 3.8) is 0 Å². The number of rotatable bonds is 9. The van der Waals surface area contributed by atoms with Gasteiger partial charge in [-0.05, 0) is 42.7 Å². The summed E-state index contributed by atoms with van der Waals surface area (Å²) in [5, 5.41) is 3.03. The molecular weight excluding hydrogens is 462 g/mol. The second-order valence-corrected chi connectivity index (χ2v) is 11.1. The maximum absolute atomic E-state index is 12.8. The molecule has 1 saturated heterocycles. The number of hydrogen-bond acceptors (Lipinski definition) is 5. The number of hydrogen-bond donors (Lipinski definition) is 1. The fourth-order valence-electron chi connectivity index (χ4n) is 4.31. The largest absolute Gasteiger partial charge is 0.348 e. The first-order valence-electron chi connectivity index (χ1n) is 12.0. The van der Waals surface area contributed by atoms with E-state index in [-0.39, 0.29) is 11.7 Å². The maximum Gasteiger partial charge on any atom is 0.251 e. The van der Waals surface area contributed by atoms with E-state index in [4.69, 9.17) is 0 Å². The molecule has 2 heterocycles. The van der Waals surface area contributed by atoms with E-state index in [1.54, 1.807) is 17.4 Å². The summed E-state index contributed by atoms with van der Waals surface area (Å²) in [4.78, 5) is 19.3. The van der Waals surface area contributed by atoms with Crippen molar-refractivity contribution in [1.82, 2.24) is 24.1 Å². The fraction of sp³-hybridized carbons (Fsp3) is 0.385. The van der Waals surface area contributed by atoms with Crippen LogP contribution in [0.25, 0.3) is 0 Å². The molecule has 1 aromatic heterocycles. The molecule has 0 bridgehead atoms. The van der Waals surface area contributed by atoms with Crippen LogP contribution in [0.1, 0.15) is 39.8 Å². The van der Waals surface area contributed by atoms with E-state index in [1.807, 2.05) is 49.5 Å². The molecule has 0 atom stereocenters. The number of sulfonamides is 1. The number of piperazine rings is 1. The number of benzene rings is 2. The minimum Gasteiger partial charge on any atom is -0.348 e. The highest BCUT2D eigenvalue weighted by Gasteiger charge is 2.25. The van der Waals surface area contributed by atoms with Gasteiger partial charge in [-0.3, -0.25) is 9.69 Å². The van der Waals surface area contributed by atoms with Gasteiger partial charge in [0.05, 0.1) is 5.75 Å². The Morgan fingerprint density at radius 2 is 1.66 bits per heavy atom. The first-order valence-corrected chi connectivity index (χ1v) is 13.6. The Balaban J connectivity index is 1.31. The number of aromatic nitrogens is 2. The average molecular weight is 496 g/mol. The molecule has 0 radical (unpaired) electrons. The molecule has 8 nitrogen and oxygen atoms in total. The van der Waals surface area contributed by atoms with Crippen molar-refractivity contribution in [2.75, 3.05) is 31.9 Å². The molecule has 1 aliphatic rings. The maximum atomic E-state index is 12.8. The molecule has 186 valence electrons. The lowest BCUT2D eigenvalue weighted by atomic mass is 10.1. The summed E-state index contributed by atoms with van der Waals surface area (Å²) < 4.78 is 27.8. The van der Waals surface area contributed by atoms with Crippen LogP contribution in [0.2, 0.25) is 0 Å². The van der Waals surface area contributed by atoms with Crippen molar-refractivity contribution in [3.05, 3.63) is 89.0 Å². The zero-order chi connectivity index (χ0) is 24.8. The SMILES string of the molecule is CCS(=O)(=O)N1CCN(Cc2cccc(C(=O)NCc3cccc(Cn4ccnc4C)c3)c2)CC1. The standard InChI is InChI=1S/C26H33N5O3S/c1-3-35(33,34)31-14-12-29(13-15-31)19-24-8-5-9-25(17-24)26(32)28-18-22-6-4-7-23(16-22)20-30-11-10-27-21(30)2/h4-11,16-17H,3,12-15,18-20H2,1-2H3,(H,28,32). The van der Waals surface area contributed by atoms with Gasteiger partial charge in [-0.15, -0.1) is 0 Å². The molecule has 1 amide bonds. The summed E-state index contributed by atoms with van der Waals surface area (Å²) in [5.41, 5.74) is 3.87. The third-order valence-corrected chi connectivity index (χ3v) is 8.29. The molecule has 3 aromatic rings. The summed E-state index contributed by atoms with van der Waals surface area (Å²) in [5.74, 6) is 0.997. The number of nitrogens with one attached hydrogen (secondary N) is 1. The van der Waals surface area contributed by atoms with Gasteiger partial charge in [0.15, 0.2) is 0 Å². The molecule has 0 spiro atoms. The van der Waals surface area contributed by atoms with Crippen molar-refractivity contribution < 1.29 is 13.2 Å². The Labute approximate surface area is 207 Å². The average Bonchev–Trinajstić information content (AvgIpc) is 3.27. The Kier molecular flexibility index (Phi) is 8.00. The molecule has 1 aliphatic heterocycles. The zero-order valence-electron chi connectivity index (χ0n) is 20.4. The highest BCUT2D eigenvalue weighted by atomic mass is 32.2. The van der Waals surface area contributed by atoms with Crippen LogP contribution in [0.3, 0.4) is 0 Å². The highest BCUT2D eigenvalue weighted by Crippen LogP contribution is 2.14. The molecule has 1 N–H and O–H groups in total. The second kappa shape index (κ2) is 11.2. The molecule has 0 saturated carbocycles. The minimum absolute atomic E-state index is 0.110. The van der Waals surface area contributed by atoms with E-state index >= 15 is 0 Å². The Morgan fingerprint density at radius 3 is 2.34 bits per heavy atom. The summed E-state index contributed by atoms with van der Waals surface area (Å²) in [6.07, 6.45) is 3.76. The van der Waals surface area contributed by atoms with Crippen molar-refractivity contribution in [2.45, 2.75) is 33.5 Å². The first-order chi connectivity index (χ1) is 16.8. The lowest BCUT2D eigenvalue weighted by Crippen LogP contribution is -2.48. The summed E-state index contributed by atoms with van der Waals surface area (Å²) in [7, 11) is -3.13. The van der Waals surface area contributed by atoms with Gasteiger partial charge < -0.3 is 9.88 Å². The Morgan fingerprint density at radius 1 is 0.971 bits per heavy atom. The van der Waals surface area contributed by atoms with E-state index in [0.717, 1.165) is 29.1 Å². The van der Waals surface area contributed by atoms with Crippen LogP contribution in [0.5, 0.6) is 0 Å². The first kappa shape index (κ1) is 25.1. The predicted octanol–water partition coefficient (Wildman–Crippen LogP) is 2.64. The van der Waals surface area contributed by atoms with Gasteiger partial charge in [-0.25, -0.2) is 13.4 Å². The molecule has 9 heteroatoms. The van der Waals surface area contributed by atoms with Crippen LogP contribution in [0, 0.1) is 6.92 Å². The van der Waals surface area contributed by atoms with Gasteiger partial charge in [0.2, 0.25) is 10.0 Å². The highest BCUT2D eigenvalue weighted by molar-refractivity contribution is 7.89. The van der Waals surface area contributed by atoms with Crippen LogP contribution >= 0.6 is 0 Å². The van der Waals surface area contributed by atoms with E-state index in [0.29, 0.717) is 44.8 Å². The smallest absolute Gasteiger partial charge is 0.251 e. The monoisotopic (exact) mass is 495 g/mol. The minimum atomic E-state index is -3.13. The third-order valence-electron chi connectivity index (χ3n) is 6.41. The number of amides is 1. The van der Waals surface area contributed by atoms with Gasteiger partial charge in [-0.2, -0.15) is 4.31 Å². The zero-order valence-corrected chi connectivity index (χ0v) is 21.2. The van der Waals surface area contributed by atoms with E-state index in [2.05, 4.69) is 31.9 Å². The molecule has 0 aliphatic carbocycles. The second-order valence-electron chi connectivity index (χ2n) is 8.88. The lowest BCUT2D eigenvalue weighted by Gasteiger charge is -2.33. The summed E-state index contributed by atoms with van der Waals surface area (Å²) in [6.45, 7) is 7.94. The normalized spacial score (nSPS) is 15.3. The summed E-state index contributed by atoms with van der Waals surface area (Å²) in [6, 6.07) is 15.9. The Bertz CT molecular complexity index is 1260. The van der Waals surface area contributed by atoms with Gasteiger partial charge in [0, 0.05) is 63.8 Å². The van der Waals surface area contributed by atoms with Crippen LogP contribution in [-0.2, 0) is 29.7 Å². The number of imidazole rings is 1. The number of carbonyl (C=O) groups excluding carboxylic acids is 1. The molecule has 1 fully saturated rings. The molecule has 0 unspecified atom stereocenters. The number of nitrogens with zero attached hydrogens (tertiary/aromatic N) is 4. The molecule has 2 aromatic carbocycles. The number of carbonyl (C=O) groups is 1. The van der Waals surface area contributed by atoms with Crippen LogP contribution < -0.4 is 5.32 Å². The van der Waals surface area contributed by atoms with Crippen LogP contribution in [0.15, 0.2) is 60.9 Å². The fourth-order valence-corrected chi connectivity index (χ4v) is 5.39. The Hall–Kier alpha value is -3.01. The summed E-state index contributed by atoms with van der Waals surface area (Å²) >= 11 is 0. The van der Waals surface area contributed by atoms with Crippen molar-refractivity contribution >= 4 is 15.9 Å². The van der Waals surface area contributed by atoms with Gasteiger partial charge in [0.1, 0.15) is 5.82 Å². The van der Waals surface area contributed by atoms with Crippen LogP contribution in [0.4, 0.5) is 0 Å². The van der Waals surface area contributed by atoms with Gasteiger partial charge >= 0.3 is 0 Å². The van der Waals surface area contributed by atoms with E-state index in [1.165, 1.54) is 0 Å². The lowest BCUT2D eigenvalue weighted by molar-refractivity contribution is 0.0950. The van der Waals surface area contributed by atoms with Crippen molar-refractivity contribution in [3.8, 4) is 0 Å². The topological polar surface area (TPSA) is 87.5 Å². The van der Waals surface area contributed by atoms with E-state index < -0.39 is 10.0 Å². The van der Waals surface area contributed by atoms with Gasteiger partial charge in [-0.1, -0.05) is 36.4 Å². The number of aryl methyl sites for hydroxylation is 1. The van der Waals surface area contributed by atoms with Crippen molar-refractivity contribution in [2.24, 2.45) is 0 Å². The molecule has 35 heavy (non-hydrogen) atoms. The third kappa shape index (κ3) is 6.56.